The van der Waals surface area contributed by atoms with Crippen molar-refractivity contribution in [3.05, 3.63) is 61.6 Å². The van der Waals surface area contributed by atoms with Crippen molar-refractivity contribution < 1.29 is 4.79 Å². The zero-order valence-corrected chi connectivity index (χ0v) is 19.1. The molecule has 0 fully saturated rings. The van der Waals surface area contributed by atoms with Gasteiger partial charge in [-0.1, -0.05) is 34.1 Å². The molecule has 2 rings (SSSR count). The lowest BCUT2D eigenvalue weighted by atomic mass is 9.97. The van der Waals surface area contributed by atoms with E-state index in [0.29, 0.717) is 36.8 Å². The Bertz CT molecular complexity index is 1020. The third-order valence-corrected chi connectivity index (χ3v) is 5.91. The lowest BCUT2D eigenvalue weighted by Crippen LogP contribution is -2.31. The first-order chi connectivity index (χ1) is 14.3. The van der Waals surface area contributed by atoms with Crippen LogP contribution in [0.25, 0.3) is 0 Å². The highest BCUT2D eigenvalue weighted by molar-refractivity contribution is 6.06. The van der Waals surface area contributed by atoms with Gasteiger partial charge in [0.25, 0.3) is 5.91 Å². The summed E-state index contributed by atoms with van der Waals surface area (Å²) in [6, 6.07) is 5.83. The largest absolute Gasteiger partial charge is 0.351 e. The molecule has 0 unspecified atom stereocenters. The molecule has 0 radical (unpaired) electrons. The summed E-state index contributed by atoms with van der Waals surface area (Å²) in [5.74, 6) is -0.356. The molecule has 5 heteroatoms. The second kappa shape index (κ2) is 10.2. The van der Waals surface area contributed by atoms with E-state index < -0.39 is 0 Å². The molecular weight excluding hydrogens is 374 g/mol. The number of aromatic nitrogens is 1. The molecule has 1 aromatic carbocycles. The summed E-state index contributed by atoms with van der Waals surface area (Å²) >= 11 is 0. The van der Waals surface area contributed by atoms with Crippen LogP contribution in [-0.2, 0) is 32.7 Å². The van der Waals surface area contributed by atoms with Gasteiger partial charge in [-0.3, -0.25) is 9.59 Å². The van der Waals surface area contributed by atoms with Gasteiger partial charge in [-0.05, 0) is 62.3 Å². The van der Waals surface area contributed by atoms with Crippen LogP contribution in [0.5, 0.6) is 0 Å². The van der Waals surface area contributed by atoms with E-state index in [1.54, 1.807) is 0 Å². The average molecular weight is 408 g/mol. The van der Waals surface area contributed by atoms with Gasteiger partial charge in [0.2, 0.25) is 0 Å². The molecule has 0 saturated carbocycles. The Balaban J connectivity index is 2.66. The SMILES string of the molecule is CCCCc1c(C(=O)Nc2c(CC)cc(C#N)cc2CC)c(=O)c(CC)c(C)n1C. The van der Waals surface area contributed by atoms with Gasteiger partial charge in [-0.25, -0.2) is 0 Å². The highest BCUT2D eigenvalue weighted by Gasteiger charge is 2.23. The molecule has 1 amide bonds. The van der Waals surface area contributed by atoms with Crippen molar-refractivity contribution in [3.8, 4) is 6.07 Å². The molecule has 0 aliphatic carbocycles. The van der Waals surface area contributed by atoms with Crippen LogP contribution in [0, 0.1) is 18.3 Å². The van der Waals surface area contributed by atoms with Crippen molar-refractivity contribution in [3.63, 3.8) is 0 Å². The van der Waals surface area contributed by atoms with Crippen LogP contribution in [0.2, 0.25) is 0 Å². The second-order valence-corrected chi connectivity index (χ2v) is 7.67. The summed E-state index contributed by atoms with van der Waals surface area (Å²) in [7, 11) is 1.94. The molecule has 1 aromatic heterocycles. The number of aryl methyl sites for hydroxylation is 2. The van der Waals surface area contributed by atoms with E-state index in [0.717, 1.165) is 41.0 Å². The third kappa shape index (κ3) is 4.48. The van der Waals surface area contributed by atoms with Crippen molar-refractivity contribution in [1.82, 2.24) is 4.57 Å². The molecule has 0 aliphatic rings. The molecule has 0 spiro atoms. The number of nitriles is 1. The van der Waals surface area contributed by atoms with Crippen molar-refractivity contribution in [2.24, 2.45) is 7.05 Å². The molecule has 0 aliphatic heterocycles. The van der Waals surface area contributed by atoms with Crippen LogP contribution in [0.3, 0.4) is 0 Å². The maximum atomic E-state index is 13.5. The van der Waals surface area contributed by atoms with E-state index in [-0.39, 0.29) is 16.9 Å². The molecule has 30 heavy (non-hydrogen) atoms. The Morgan fingerprint density at radius 2 is 1.70 bits per heavy atom. The smallest absolute Gasteiger partial charge is 0.261 e. The topological polar surface area (TPSA) is 74.9 Å². The predicted molar refractivity (Wildman–Crippen MR) is 122 cm³/mol. The van der Waals surface area contributed by atoms with E-state index >= 15 is 0 Å². The number of amides is 1. The van der Waals surface area contributed by atoms with Crippen LogP contribution in [0.1, 0.15) is 84.5 Å². The van der Waals surface area contributed by atoms with Crippen LogP contribution < -0.4 is 10.7 Å². The highest BCUT2D eigenvalue weighted by Crippen LogP contribution is 2.26. The lowest BCUT2D eigenvalue weighted by molar-refractivity contribution is 0.102. The standard InChI is InChI=1S/C25H33N3O2/c1-7-11-12-21-22(24(29)20(10-4)16(5)28(21)6)25(30)27-23-18(8-2)13-17(15-26)14-19(23)9-3/h13-14H,7-12H2,1-6H3,(H,27,30). The Kier molecular flexibility index (Phi) is 8.00. The highest BCUT2D eigenvalue weighted by atomic mass is 16.2. The summed E-state index contributed by atoms with van der Waals surface area (Å²) in [6.07, 6.45) is 4.55. The Morgan fingerprint density at radius 1 is 1.10 bits per heavy atom. The summed E-state index contributed by atoms with van der Waals surface area (Å²) < 4.78 is 2.01. The number of carbonyl (C=O) groups is 1. The predicted octanol–water partition coefficient (Wildman–Crippen LogP) is 4.85. The summed E-state index contributed by atoms with van der Waals surface area (Å²) in [5, 5.41) is 12.4. The van der Waals surface area contributed by atoms with Gasteiger partial charge in [-0.2, -0.15) is 5.26 Å². The third-order valence-electron chi connectivity index (χ3n) is 5.91. The van der Waals surface area contributed by atoms with Crippen LogP contribution in [0.4, 0.5) is 5.69 Å². The number of hydrogen-bond donors (Lipinski definition) is 1. The van der Waals surface area contributed by atoms with Crippen LogP contribution in [0.15, 0.2) is 16.9 Å². The number of nitrogens with zero attached hydrogens (tertiary/aromatic N) is 2. The number of anilines is 1. The molecule has 5 nitrogen and oxygen atoms in total. The molecule has 0 bridgehead atoms. The van der Waals surface area contributed by atoms with Gasteiger partial charge in [0, 0.05) is 29.7 Å². The monoisotopic (exact) mass is 407 g/mol. The fourth-order valence-corrected chi connectivity index (χ4v) is 4.03. The molecule has 160 valence electrons. The normalized spacial score (nSPS) is 10.7. The number of rotatable bonds is 8. The summed E-state index contributed by atoms with van der Waals surface area (Å²) in [5.41, 5.74) is 5.63. The van der Waals surface area contributed by atoms with Crippen molar-refractivity contribution in [2.45, 2.75) is 73.1 Å². The minimum absolute atomic E-state index is 0.165. The number of benzene rings is 1. The summed E-state index contributed by atoms with van der Waals surface area (Å²) in [4.78, 5) is 26.7. The second-order valence-electron chi connectivity index (χ2n) is 7.67. The van der Waals surface area contributed by atoms with Gasteiger partial charge in [0.15, 0.2) is 5.43 Å². The zero-order valence-electron chi connectivity index (χ0n) is 19.1. The van der Waals surface area contributed by atoms with Crippen molar-refractivity contribution in [2.75, 3.05) is 5.32 Å². The number of nitrogens with one attached hydrogen (secondary N) is 1. The molecular formula is C25H33N3O2. The first kappa shape index (κ1) is 23.4. The number of carbonyl (C=O) groups excluding carboxylic acids is 1. The van der Waals surface area contributed by atoms with Crippen molar-refractivity contribution in [1.29, 1.82) is 5.26 Å². The van der Waals surface area contributed by atoms with Gasteiger partial charge in [-0.15, -0.1) is 0 Å². The fraction of sp³-hybridized carbons (Fsp3) is 0.480. The quantitative estimate of drug-likeness (QED) is 0.680. The maximum Gasteiger partial charge on any atom is 0.261 e. The van der Waals surface area contributed by atoms with E-state index in [1.807, 2.05) is 51.4 Å². The molecule has 1 heterocycles. The van der Waals surface area contributed by atoms with E-state index in [1.165, 1.54) is 0 Å². The van der Waals surface area contributed by atoms with Crippen LogP contribution >= 0.6 is 0 Å². The molecule has 2 aromatic rings. The van der Waals surface area contributed by atoms with Crippen molar-refractivity contribution >= 4 is 11.6 Å². The van der Waals surface area contributed by atoms with Gasteiger partial charge >= 0.3 is 0 Å². The average Bonchev–Trinajstić information content (AvgIpc) is 2.75. The first-order valence-electron chi connectivity index (χ1n) is 10.9. The van der Waals surface area contributed by atoms with E-state index in [9.17, 15) is 14.9 Å². The summed E-state index contributed by atoms with van der Waals surface area (Å²) in [6.45, 7) is 9.99. The Morgan fingerprint density at radius 3 is 2.17 bits per heavy atom. The fourth-order valence-electron chi connectivity index (χ4n) is 4.03. The molecule has 0 atom stereocenters. The van der Waals surface area contributed by atoms with Gasteiger partial charge < -0.3 is 9.88 Å². The Labute approximate surface area is 179 Å². The molecule has 0 saturated heterocycles. The number of hydrogen-bond acceptors (Lipinski definition) is 3. The minimum atomic E-state index is -0.356. The van der Waals surface area contributed by atoms with E-state index in [4.69, 9.17) is 0 Å². The first-order valence-corrected chi connectivity index (χ1v) is 10.9. The van der Waals surface area contributed by atoms with Crippen LogP contribution in [-0.4, -0.2) is 10.5 Å². The Hall–Kier alpha value is -2.87. The van der Waals surface area contributed by atoms with Gasteiger partial charge in [0.05, 0.1) is 11.6 Å². The minimum Gasteiger partial charge on any atom is -0.351 e. The number of pyridine rings is 1. The zero-order chi connectivity index (χ0) is 22.4. The van der Waals surface area contributed by atoms with Gasteiger partial charge in [0.1, 0.15) is 5.56 Å². The number of unbranched alkanes of at least 4 members (excludes halogenated alkanes) is 1. The molecule has 1 N–H and O–H groups in total. The van der Waals surface area contributed by atoms with E-state index in [2.05, 4.69) is 18.3 Å². The maximum absolute atomic E-state index is 13.5. The lowest BCUT2D eigenvalue weighted by Gasteiger charge is -2.21.